The maximum absolute atomic E-state index is 6.99. The van der Waals surface area contributed by atoms with Crippen molar-refractivity contribution in [3.05, 3.63) is 29.3 Å². The third-order valence-corrected chi connectivity index (χ3v) is 2.89. The van der Waals surface area contributed by atoms with Crippen molar-refractivity contribution >= 4 is 31.2 Å². The number of hydrogen-bond acceptors (Lipinski definition) is 4. The molecule has 0 spiro atoms. The van der Waals surface area contributed by atoms with Gasteiger partial charge < -0.3 is 15.8 Å². The van der Waals surface area contributed by atoms with Gasteiger partial charge >= 0.3 is 0 Å². The quantitative estimate of drug-likeness (QED) is 0.235. The Labute approximate surface area is 112 Å². The van der Waals surface area contributed by atoms with E-state index in [1.54, 1.807) is 0 Å². The lowest BCUT2D eigenvalue weighted by molar-refractivity contribution is 0.322. The normalized spacial score (nSPS) is 10.0. The van der Waals surface area contributed by atoms with E-state index in [-0.39, 0.29) is 5.96 Å². The Morgan fingerprint density at radius 3 is 2.59 bits per heavy atom. The second-order valence-corrected chi connectivity index (χ2v) is 4.07. The summed E-state index contributed by atoms with van der Waals surface area (Å²) in [5, 5.41) is 9.66. The molecular weight excluding hydrogens is 254 g/mol. The van der Waals surface area contributed by atoms with Crippen molar-refractivity contribution in [2.24, 2.45) is 5.73 Å². The van der Waals surface area contributed by atoms with Crippen molar-refractivity contribution in [3.63, 3.8) is 0 Å². The highest BCUT2D eigenvalue weighted by molar-refractivity contribution is 7.79. The standard InChI is InChI=1S/C11H17N3OS2/c12-11(13)14-3-4-15-10-2-1-8(6-16)9(5-10)7-17/h1-2,5,16-17H,3-4,6-7H2,(H4,12,13,14). The second kappa shape index (κ2) is 7.34. The summed E-state index contributed by atoms with van der Waals surface area (Å²) in [6, 6.07) is 5.87. The molecule has 0 aliphatic rings. The van der Waals surface area contributed by atoms with E-state index in [0.717, 1.165) is 16.9 Å². The molecule has 0 aliphatic heterocycles. The van der Waals surface area contributed by atoms with E-state index in [0.29, 0.717) is 24.7 Å². The summed E-state index contributed by atoms with van der Waals surface area (Å²) in [4.78, 5) is 0. The number of ether oxygens (including phenoxy) is 1. The molecule has 0 bridgehead atoms. The topological polar surface area (TPSA) is 71.1 Å². The molecule has 0 amide bonds. The molecule has 0 radical (unpaired) electrons. The summed E-state index contributed by atoms with van der Waals surface area (Å²) in [6.07, 6.45) is 0. The minimum atomic E-state index is -0.0462. The zero-order valence-corrected chi connectivity index (χ0v) is 11.2. The van der Waals surface area contributed by atoms with E-state index < -0.39 is 0 Å². The number of hydrogen-bond donors (Lipinski definition) is 5. The van der Waals surface area contributed by atoms with E-state index >= 15 is 0 Å². The molecule has 0 aromatic heterocycles. The van der Waals surface area contributed by atoms with Gasteiger partial charge in [-0.1, -0.05) is 6.07 Å². The van der Waals surface area contributed by atoms with Crippen LogP contribution in [0.1, 0.15) is 11.1 Å². The molecule has 0 heterocycles. The monoisotopic (exact) mass is 271 g/mol. The summed E-state index contributed by atoms with van der Waals surface area (Å²) in [6.45, 7) is 0.978. The first-order valence-electron chi connectivity index (χ1n) is 5.21. The predicted octanol–water partition coefficient (Wildman–Crippen LogP) is 1.41. The average Bonchev–Trinajstić information content (AvgIpc) is 2.34. The van der Waals surface area contributed by atoms with Crippen LogP contribution in [0.3, 0.4) is 0 Å². The smallest absolute Gasteiger partial charge is 0.185 e. The van der Waals surface area contributed by atoms with E-state index in [2.05, 4.69) is 30.6 Å². The third kappa shape index (κ3) is 4.79. The molecule has 0 atom stereocenters. The first-order valence-corrected chi connectivity index (χ1v) is 6.48. The zero-order valence-electron chi connectivity index (χ0n) is 9.44. The number of benzene rings is 1. The third-order valence-electron chi connectivity index (χ3n) is 2.20. The fourth-order valence-corrected chi connectivity index (χ4v) is 1.95. The SMILES string of the molecule is N=C(N)NCCOc1ccc(CS)c(CS)c1. The van der Waals surface area contributed by atoms with Crippen molar-refractivity contribution in [1.29, 1.82) is 5.41 Å². The van der Waals surface area contributed by atoms with Gasteiger partial charge in [-0.05, 0) is 23.3 Å². The van der Waals surface area contributed by atoms with Gasteiger partial charge in [0.2, 0.25) is 0 Å². The highest BCUT2D eigenvalue weighted by atomic mass is 32.1. The minimum absolute atomic E-state index is 0.0462. The Kier molecular flexibility index (Phi) is 6.07. The van der Waals surface area contributed by atoms with Crippen LogP contribution in [0.4, 0.5) is 0 Å². The molecule has 17 heavy (non-hydrogen) atoms. The molecule has 0 saturated carbocycles. The Morgan fingerprint density at radius 2 is 2.00 bits per heavy atom. The van der Waals surface area contributed by atoms with Crippen LogP contribution in [-0.2, 0) is 11.5 Å². The highest BCUT2D eigenvalue weighted by Crippen LogP contribution is 2.20. The van der Waals surface area contributed by atoms with Gasteiger partial charge in [0, 0.05) is 11.5 Å². The van der Waals surface area contributed by atoms with Gasteiger partial charge in [0.15, 0.2) is 5.96 Å². The molecule has 6 heteroatoms. The number of guanidine groups is 1. The fourth-order valence-electron chi connectivity index (χ4n) is 1.35. The van der Waals surface area contributed by atoms with E-state index in [1.807, 2.05) is 18.2 Å². The molecule has 0 unspecified atom stereocenters. The van der Waals surface area contributed by atoms with Crippen molar-refractivity contribution in [3.8, 4) is 5.75 Å². The molecule has 4 nitrogen and oxygen atoms in total. The Morgan fingerprint density at radius 1 is 1.29 bits per heavy atom. The number of nitrogens with one attached hydrogen (secondary N) is 2. The maximum Gasteiger partial charge on any atom is 0.185 e. The molecule has 0 fully saturated rings. The summed E-state index contributed by atoms with van der Waals surface area (Å²) in [5.41, 5.74) is 7.44. The first kappa shape index (κ1) is 14.1. The van der Waals surface area contributed by atoms with Crippen molar-refractivity contribution < 1.29 is 4.74 Å². The Hall–Kier alpha value is -1.01. The van der Waals surface area contributed by atoms with Crippen LogP contribution >= 0.6 is 25.3 Å². The molecule has 0 saturated heterocycles. The van der Waals surface area contributed by atoms with Crippen LogP contribution in [0.15, 0.2) is 18.2 Å². The van der Waals surface area contributed by atoms with Crippen LogP contribution < -0.4 is 15.8 Å². The summed E-state index contributed by atoms with van der Waals surface area (Å²) in [5.74, 6) is 2.11. The van der Waals surface area contributed by atoms with Gasteiger partial charge in [-0.25, -0.2) is 0 Å². The van der Waals surface area contributed by atoms with Crippen molar-refractivity contribution in [2.45, 2.75) is 11.5 Å². The lowest BCUT2D eigenvalue weighted by Gasteiger charge is -2.10. The van der Waals surface area contributed by atoms with E-state index in [9.17, 15) is 0 Å². The van der Waals surface area contributed by atoms with Crippen LogP contribution in [0, 0.1) is 5.41 Å². The average molecular weight is 271 g/mol. The van der Waals surface area contributed by atoms with Gasteiger partial charge in [0.1, 0.15) is 12.4 Å². The van der Waals surface area contributed by atoms with Crippen LogP contribution in [0.5, 0.6) is 5.75 Å². The molecule has 4 N–H and O–H groups in total. The lowest BCUT2D eigenvalue weighted by atomic mass is 10.1. The zero-order chi connectivity index (χ0) is 12.7. The van der Waals surface area contributed by atoms with Crippen LogP contribution in [0.2, 0.25) is 0 Å². The number of thiol groups is 2. The molecule has 94 valence electrons. The number of nitrogens with two attached hydrogens (primary N) is 1. The maximum atomic E-state index is 6.99. The fraction of sp³-hybridized carbons (Fsp3) is 0.364. The molecule has 1 aromatic carbocycles. The largest absolute Gasteiger partial charge is 0.492 e. The molecule has 0 aliphatic carbocycles. The summed E-state index contributed by atoms with van der Waals surface area (Å²) < 4.78 is 5.52. The molecule has 1 rings (SSSR count). The Bertz CT molecular complexity index is 385. The van der Waals surface area contributed by atoms with Crippen LogP contribution in [0.25, 0.3) is 0 Å². The number of rotatable bonds is 6. The first-order chi connectivity index (χ1) is 8.17. The predicted molar refractivity (Wildman–Crippen MR) is 77.2 cm³/mol. The van der Waals surface area contributed by atoms with Gasteiger partial charge in [0.25, 0.3) is 0 Å². The van der Waals surface area contributed by atoms with Gasteiger partial charge in [-0.2, -0.15) is 25.3 Å². The highest BCUT2D eigenvalue weighted by Gasteiger charge is 2.02. The summed E-state index contributed by atoms with van der Waals surface area (Å²) in [7, 11) is 0. The summed E-state index contributed by atoms with van der Waals surface area (Å²) >= 11 is 8.52. The van der Waals surface area contributed by atoms with Gasteiger partial charge in [-0.15, -0.1) is 0 Å². The molecular formula is C11H17N3OS2. The van der Waals surface area contributed by atoms with E-state index in [1.165, 1.54) is 0 Å². The van der Waals surface area contributed by atoms with E-state index in [4.69, 9.17) is 15.9 Å². The van der Waals surface area contributed by atoms with Gasteiger partial charge in [-0.3, -0.25) is 5.41 Å². The Balaban J connectivity index is 2.51. The molecule has 1 aromatic rings. The van der Waals surface area contributed by atoms with Crippen molar-refractivity contribution in [1.82, 2.24) is 5.32 Å². The second-order valence-electron chi connectivity index (χ2n) is 3.44. The lowest BCUT2D eigenvalue weighted by Crippen LogP contribution is -2.33. The van der Waals surface area contributed by atoms with Gasteiger partial charge in [0.05, 0.1) is 6.54 Å². The van der Waals surface area contributed by atoms with Crippen LogP contribution in [-0.4, -0.2) is 19.1 Å². The minimum Gasteiger partial charge on any atom is -0.492 e. The van der Waals surface area contributed by atoms with Crippen molar-refractivity contribution in [2.75, 3.05) is 13.2 Å².